The summed E-state index contributed by atoms with van der Waals surface area (Å²) in [7, 11) is 2.00. The summed E-state index contributed by atoms with van der Waals surface area (Å²) in [5.74, 6) is 0.199. The van der Waals surface area contributed by atoms with Crippen molar-refractivity contribution >= 4 is 5.91 Å². The molecule has 1 N–H and O–H groups in total. The Labute approximate surface area is 116 Å². The van der Waals surface area contributed by atoms with Crippen LogP contribution in [0.2, 0.25) is 0 Å². The monoisotopic (exact) mass is 260 g/mol. The zero-order valence-corrected chi connectivity index (χ0v) is 12.4. The van der Waals surface area contributed by atoms with Gasteiger partial charge in [-0.3, -0.25) is 4.79 Å². The van der Waals surface area contributed by atoms with Crippen molar-refractivity contribution < 1.29 is 4.79 Å². The quantitative estimate of drug-likeness (QED) is 0.886. The second-order valence-corrected chi connectivity index (χ2v) is 5.63. The van der Waals surface area contributed by atoms with Gasteiger partial charge >= 0.3 is 0 Å². The molecule has 1 amide bonds. The molecule has 0 atom stereocenters. The Kier molecular flexibility index (Phi) is 4.25. The lowest BCUT2D eigenvalue weighted by Crippen LogP contribution is -2.44. The van der Waals surface area contributed by atoms with Crippen LogP contribution in [0.15, 0.2) is 12.1 Å². The van der Waals surface area contributed by atoms with E-state index in [0.717, 1.165) is 42.6 Å². The largest absolute Gasteiger partial charge is 0.339 e. The van der Waals surface area contributed by atoms with Gasteiger partial charge in [0.25, 0.3) is 5.91 Å². The summed E-state index contributed by atoms with van der Waals surface area (Å²) in [4.78, 5) is 14.7. The Morgan fingerprint density at radius 2 is 1.68 bits per heavy atom. The van der Waals surface area contributed by atoms with Gasteiger partial charge in [0.15, 0.2) is 0 Å². The molecule has 1 fully saturated rings. The molecule has 0 spiro atoms. The highest BCUT2D eigenvalue weighted by Crippen LogP contribution is 2.20. The summed E-state index contributed by atoms with van der Waals surface area (Å²) in [6.45, 7) is 7.86. The molecule has 1 heterocycles. The molecule has 1 saturated heterocycles. The molecule has 3 nitrogen and oxygen atoms in total. The molecule has 1 aliphatic heterocycles. The van der Waals surface area contributed by atoms with Crippen LogP contribution in [0.1, 0.15) is 39.9 Å². The van der Waals surface area contributed by atoms with Crippen LogP contribution in [-0.4, -0.2) is 37.0 Å². The van der Waals surface area contributed by atoms with E-state index in [1.807, 2.05) is 25.8 Å². The van der Waals surface area contributed by atoms with E-state index >= 15 is 0 Å². The number of hydrogen-bond donors (Lipinski definition) is 1. The molecule has 1 aromatic rings. The Morgan fingerprint density at radius 3 is 2.16 bits per heavy atom. The molecule has 0 aromatic heterocycles. The van der Waals surface area contributed by atoms with Gasteiger partial charge in [-0.1, -0.05) is 17.7 Å². The molecule has 0 aliphatic carbocycles. The number of piperidine rings is 1. The van der Waals surface area contributed by atoms with Crippen LogP contribution < -0.4 is 5.32 Å². The number of aryl methyl sites for hydroxylation is 3. The number of likely N-dealkylation sites (tertiary alicyclic amines) is 1. The van der Waals surface area contributed by atoms with E-state index in [2.05, 4.69) is 24.4 Å². The van der Waals surface area contributed by atoms with Crippen LogP contribution in [0.4, 0.5) is 0 Å². The predicted molar refractivity (Wildman–Crippen MR) is 78.6 cm³/mol. The number of nitrogens with one attached hydrogen (secondary N) is 1. The number of carbonyl (C=O) groups excluding carboxylic acids is 1. The summed E-state index contributed by atoms with van der Waals surface area (Å²) >= 11 is 0. The first-order valence-electron chi connectivity index (χ1n) is 7.07. The van der Waals surface area contributed by atoms with Gasteiger partial charge in [0.2, 0.25) is 0 Å². The van der Waals surface area contributed by atoms with Gasteiger partial charge in [0.1, 0.15) is 0 Å². The van der Waals surface area contributed by atoms with E-state index in [4.69, 9.17) is 0 Å². The maximum absolute atomic E-state index is 12.7. The lowest BCUT2D eigenvalue weighted by Gasteiger charge is -2.32. The smallest absolute Gasteiger partial charge is 0.254 e. The summed E-state index contributed by atoms with van der Waals surface area (Å²) in [6, 6.07) is 4.76. The van der Waals surface area contributed by atoms with Crippen molar-refractivity contribution in [2.75, 3.05) is 20.1 Å². The predicted octanol–water partition coefficient (Wildman–Crippen LogP) is 2.44. The second-order valence-electron chi connectivity index (χ2n) is 5.63. The van der Waals surface area contributed by atoms with Crippen molar-refractivity contribution in [1.82, 2.24) is 10.2 Å². The maximum atomic E-state index is 12.7. The molecule has 3 heteroatoms. The number of nitrogens with zero attached hydrogens (tertiary/aromatic N) is 1. The third-order valence-corrected chi connectivity index (χ3v) is 4.08. The van der Waals surface area contributed by atoms with Crippen LogP contribution in [0.3, 0.4) is 0 Å². The number of benzene rings is 1. The van der Waals surface area contributed by atoms with Crippen molar-refractivity contribution in [1.29, 1.82) is 0 Å². The summed E-state index contributed by atoms with van der Waals surface area (Å²) in [6.07, 6.45) is 2.10. The fourth-order valence-electron chi connectivity index (χ4n) is 3.05. The molecular weight excluding hydrogens is 236 g/mol. The highest BCUT2D eigenvalue weighted by molar-refractivity contribution is 5.97. The number of hydrogen-bond acceptors (Lipinski definition) is 2. The van der Waals surface area contributed by atoms with Gasteiger partial charge in [0.05, 0.1) is 0 Å². The lowest BCUT2D eigenvalue weighted by atomic mass is 9.97. The Morgan fingerprint density at radius 1 is 1.16 bits per heavy atom. The van der Waals surface area contributed by atoms with Crippen molar-refractivity contribution in [3.05, 3.63) is 34.4 Å². The average Bonchev–Trinajstić information content (AvgIpc) is 2.37. The molecule has 0 bridgehead atoms. The van der Waals surface area contributed by atoms with E-state index in [9.17, 15) is 4.79 Å². The molecule has 0 saturated carbocycles. The molecule has 2 rings (SSSR count). The van der Waals surface area contributed by atoms with E-state index in [0.29, 0.717) is 6.04 Å². The molecule has 0 unspecified atom stereocenters. The van der Waals surface area contributed by atoms with E-state index < -0.39 is 0 Å². The number of carbonyl (C=O) groups is 1. The van der Waals surface area contributed by atoms with Gasteiger partial charge < -0.3 is 10.2 Å². The van der Waals surface area contributed by atoms with Gasteiger partial charge in [0, 0.05) is 24.7 Å². The van der Waals surface area contributed by atoms with Crippen LogP contribution in [0.25, 0.3) is 0 Å². The fraction of sp³-hybridized carbons (Fsp3) is 0.562. The third-order valence-electron chi connectivity index (χ3n) is 4.08. The minimum absolute atomic E-state index is 0.199. The van der Waals surface area contributed by atoms with Crippen LogP contribution in [0, 0.1) is 20.8 Å². The minimum atomic E-state index is 0.199. The topological polar surface area (TPSA) is 32.3 Å². The van der Waals surface area contributed by atoms with Crippen LogP contribution in [-0.2, 0) is 0 Å². The highest BCUT2D eigenvalue weighted by atomic mass is 16.2. The molecule has 1 aromatic carbocycles. The lowest BCUT2D eigenvalue weighted by molar-refractivity contribution is 0.0706. The van der Waals surface area contributed by atoms with E-state index in [1.54, 1.807) is 0 Å². The number of rotatable bonds is 2. The standard InChI is InChI=1S/C16H24N2O/c1-11-9-12(2)15(13(3)10-11)16(19)18-7-5-14(17-4)6-8-18/h9-10,14,17H,5-8H2,1-4H3. The van der Waals surface area contributed by atoms with E-state index in [-0.39, 0.29) is 5.91 Å². The van der Waals surface area contributed by atoms with Gasteiger partial charge in [-0.15, -0.1) is 0 Å². The molecule has 0 radical (unpaired) electrons. The Hall–Kier alpha value is -1.35. The Bertz CT molecular complexity index is 451. The van der Waals surface area contributed by atoms with Crippen molar-refractivity contribution in [2.24, 2.45) is 0 Å². The first-order chi connectivity index (χ1) is 9.02. The summed E-state index contributed by atoms with van der Waals surface area (Å²) in [5.41, 5.74) is 4.31. The SMILES string of the molecule is CNC1CCN(C(=O)c2c(C)cc(C)cc2C)CC1. The first kappa shape index (κ1) is 14.1. The van der Waals surface area contributed by atoms with E-state index in [1.165, 1.54) is 5.56 Å². The first-order valence-corrected chi connectivity index (χ1v) is 7.07. The molecule has 19 heavy (non-hydrogen) atoms. The minimum Gasteiger partial charge on any atom is -0.339 e. The van der Waals surface area contributed by atoms with Crippen molar-refractivity contribution in [3.63, 3.8) is 0 Å². The van der Waals surface area contributed by atoms with Crippen molar-refractivity contribution in [3.8, 4) is 0 Å². The zero-order chi connectivity index (χ0) is 14.0. The molecular formula is C16H24N2O. The highest BCUT2D eigenvalue weighted by Gasteiger charge is 2.24. The number of amides is 1. The third kappa shape index (κ3) is 2.98. The fourth-order valence-corrected chi connectivity index (χ4v) is 3.05. The second kappa shape index (κ2) is 5.74. The summed E-state index contributed by atoms with van der Waals surface area (Å²) < 4.78 is 0. The normalized spacial score (nSPS) is 16.7. The Balaban J connectivity index is 2.17. The average molecular weight is 260 g/mol. The molecule has 104 valence electrons. The zero-order valence-electron chi connectivity index (χ0n) is 12.4. The van der Waals surface area contributed by atoms with Crippen molar-refractivity contribution in [2.45, 2.75) is 39.7 Å². The van der Waals surface area contributed by atoms with Crippen LogP contribution in [0.5, 0.6) is 0 Å². The van der Waals surface area contributed by atoms with Gasteiger partial charge in [-0.25, -0.2) is 0 Å². The van der Waals surface area contributed by atoms with Gasteiger partial charge in [-0.2, -0.15) is 0 Å². The maximum Gasteiger partial charge on any atom is 0.254 e. The molecule has 1 aliphatic rings. The van der Waals surface area contributed by atoms with Crippen LogP contribution >= 0.6 is 0 Å². The summed E-state index contributed by atoms with van der Waals surface area (Å²) in [5, 5.41) is 3.30. The van der Waals surface area contributed by atoms with Gasteiger partial charge in [-0.05, 0) is 51.8 Å².